The van der Waals surface area contributed by atoms with E-state index in [1.807, 2.05) is 6.07 Å². The van der Waals surface area contributed by atoms with E-state index >= 15 is 0 Å². The molecular weight excluding hydrogens is 232 g/mol. The van der Waals surface area contributed by atoms with Gasteiger partial charge in [0.1, 0.15) is 17.5 Å². The van der Waals surface area contributed by atoms with E-state index in [0.717, 1.165) is 0 Å². The number of rotatable bonds is 3. The maximum atomic E-state index is 9.00. The molecule has 0 bridgehead atoms. The molecule has 0 spiro atoms. The van der Waals surface area contributed by atoms with Crippen LogP contribution in [-0.2, 0) is 0 Å². The third-order valence-electron chi connectivity index (χ3n) is 2.28. The van der Waals surface area contributed by atoms with Gasteiger partial charge >= 0.3 is 0 Å². The Hall–Kier alpha value is -2.75. The molecule has 0 fully saturated rings. The van der Waals surface area contributed by atoms with Crippen LogP contribution in [0, 0.1) is 11.3 Å². The van der Waals surface area contributed by atoms with Gasteiger partial charge in [-0.3, -0.25) is 5.10 Å². The lowest BCUT2D eigenvalue weighted by Crippen LogP contribution is -2.02. The minimum absolute atomic E-state index is 0.211. The number of ether oxygens (including phenoxy) is 1. The Labute approximate surface area is 103 Å². The summed E-state index contributed by atoms with van der Waals surface area (Å²) in [5.41, 5.74) is 13.0. The molecule has 0 unspecified atom stereocenters. The second kappa shape index (κ2) is 4.63. The summed E-state index contributed by atoms with van der Waals surface area (Å²) in [4.78, 5) is 4.23. The SMILES string of the molecule is CCOc1nc(-c2cc(N)n[nH]2)cc(N)c1C#N. The standard InChI is InChI=1S/C11H12N6O/c1-2-18-11-6(5-12)7(13)3-8(15-11)9-4-10(14)17-16-9/h3-4H,2H2,1H3,(H2,13,15)(H3,14,16,17). The van der Waals surface area contributed by atoms with Crippen molar-refractivity contribution in [2.24, 2.45) is 0 Å². The second-order valence-electron chi connectivity index (χ2n) is 3.53. The highest BCUT2D eigenvalue weighted by atomic mass is 16.5. The van der Waals surface area contributed by atoms with Gasteiger partial charge < -0.3 is 16.2 Å². The number of hydrogen-bond acceptors (Lipinski definition) is 6. The Morgan fingerprint density at radius 1 is 1.44 bits per heavy atom. The summed E-state index contributed by atoms with van der Waals surface area (Å²) in [5.74, 6) is 0.566. The average Bonchev–Trinajstić information content (AvgIpc) is 2.76. The number of nitrogens with two attached hydrogens (primary N) is 2. The molecule has 0 saturated heterocycles. The molecule has 7 heteroatoms. The van der Waals surface area contributed by atoms with Crippen LogP contribution in [0.2, 0.25) is 0 Å². The zero-order valence-corrected chi connectivity index (χ0v) is 9.77. The van der Waals surface area contributed by atoms with E-state index in [9.17, 15) is 0 Å². The molecular formula is C11H12N6O. The fourth-order valence-corrected chi connectivity index (χ4v) is 1.50. The zero-order chi connectivity index (χ0) is 13.1. The summed E-state index contributed by atoms with van der Waals surface area (Å²) < 4.78 is 5.30. The van der Waals surface area contributed by atoms with Crippen LogP contribution in [0.3, 0.4) is 0 Å². The average molecular weight is 244 g/mol. The molecule has 92 valence electrons. The lowest BCUT2D eigenvalue weighted by atomic mass is 10.2. The maximum absolute atomic E-state index is 9.00. The Balaban J connectivity index is 2.54. The summed E-state index contributed by atoms with van der Waals surface area (Å²) in [6, 6.07) is 5.18. The van der Waals surface area contributed by atoms with E-state index in [1.54, 1.807) is 19.1 Å². The third-order valence-corrected chi connectivity index (χ3v) is 2.28. The van der Waals surface area contributed by atoms with E-state index in [-0.39, 0.29) is 11.4 Å². The highest BCUT2D eigenvalue weighted by Gasteiger charge is 2.13. The molecule has 0 atom stereocenters. The quantitative estimate of drug-likeness (QED) is 0.736. The molecule has 0 aliphatic heterocycles. The van der Waals surface area contributed by atoms with Crippen LogP contribution in [0.1, 0.15) is 12.5 Å². The van der Waals surface area contributed by atoms with Crippen LogP contribution in [0.15, 0.2) is 12.1 Å². The molecule has 0 saturated carbocycles. The topological polar surface area (TPSA) is 127 Å². The molecule has 2 heterocycles. The highest BCUT2D eigenvalue weighted by Crippen LogP contribution is 2.27. The molecule has 0 aliphatic carbocycles. The van der Waals surface area contributed by atoms with Crippen molar-refractivity contribution >= 4 is 11.5 Å². The summed E-state index contributed by atoms with van der Waals surface area (Å²) in [7, 11) is 0. The van der Waals surface area contributed by atoms with E-state index in [1.165, 1.54) is 0 Å². The molecule has 2 aromatic rings. The smallest absolute Gasteiger partial charge is 0.234 e. The van der Waals surface area contributed by atoms with Gasteiger partial charge in [0.05, 0.1) is 23.7 Å². The van der Waals surface area contributed by atoms with Gasteiger partial charge in [-0.25, -0.2) is 4.98 Å². The predicted molar refractivity (Wildman–Crippen MR) is 66.5 cm³/mol. The number of nitrogens with zero attached hydrogens (tertiary/aromatic N) is 3. The van der Waals surface area contributed by atoms with Gasteiger partial charge in [-0.1, -0.05) is 0 Å². The number of nitrogens with one attached hydrogen (secondary N) is 1. The number of nitrogen functional groups attached to an aromatic ring is 2. The third kappa shape index (κ3) is 2.04. The monoisotopic (exact) mass is 244 g/mol. The summed E-state index contributed by atoms with van der Waals surface area (Å²) in [5, 5.41) is 15.5. The van der Waals surface area contributed by atoms with Crippen LogP contribution < -0.4 is 16.2 Å². The lowest BCUT2D eigenvalue weighted by Gasteiger charge is -2.08. The minimum atomic E-state index is 0.211. The highest BCUT2D eigenvalue weighted by molar-refractivity contribution is 5.68. The fourth-order valence-electron chi connectivity index (χ4n) is 1.50. The number of H-pyrrole nitrogens is 1. The summed E-state index contributed by atoms with van der Waals surface area (Å²) in [6.07, 6.45) is 0. The van der Waals surface area contributed by atoms with Gasteiger partial charge in [0.15, 0.2) is 0 Å². The normalized spacial score (nSPS) is 10.0. The van der Waals surface area contributed by atoms with Gasteiger partial charge in [0.2, 0.25) is 5.88 Å². The Morgan fingerprint density at radius 3 is 2.78 bits per heavy atom. The van der Waals surface area contributed by atoms with E-state index in [2.05, 4.69) is 15.2 Å². The number of nitriles is 1. The van der Waals surface area contributed by atoms with E-state index in [0.29, 0.717) is 29.5 Å². The van der Waals surface area contributed by atoms with Crippen LogP contribution in [0.25, 0.3) is 11.4 Å². The summed E-state index contributed by atoms with van der Waals surface area (Å²) >= 11 is 0. The van der Waals surface area contributed by atoms with Gasteiger partial charge in [0.25, 0.3) is 0 Å². The number of pyridine rings is 1. The minimum Gasteiger partial charge on any atom is -0.477 e. The van der Waals surface area contributed by atoms with E-state index < -0.39 is 0 Å². The first-order valence-corrected chi connectivity index (χ1v) is 5.30. The van der Waals surface area contributed by atoms with Crippen molar-refractivity contribution in [1.29, 1.82) is 5.26 Å². The second-order valence-corrected chi connectivity index (χ2v) is 3.53. The fraction of sp³-hybridized carbons (Fsp3) is 0.182. The first-order chi connectivity index (χ1) is 8.65. The van der Waals surface area contributed by atoms with Crippen molar-refractivity contribution in [2.45, 2.75) is 6.92 Å². The van der Waals surface area contributed by atoms with E-state index in [4.69, 9.17) is 21.5 Å². The van der Waals surface area contributed by atoms with Crippen LogP contribution in [-0.4, -0.2) is 21.8 Å². The molecule has 2 aromatic heterocycles. The number of aromatic nitrogens is 3. The Morgan fingerprint density at radius 2 is 2.22 bits per heavy atom. The number of anilines is 2. The lowest BCUT2D eigenvalue weighted by molar-refractivity contribution is 0.326. The van der Waals surface area contributed by atoms with Gasteiger partial charge in [-0.15, -0.1) is 0 Å². The molecule has 18 heavy (non-hydrogen) atoms. The maximum Gasteiger partial charge on any atom is 0.234 e. The molecule has 0 radical (unpaired) electrons. The van der Waals surface area contributed by atoms with Crippen LogP contribution in [0.5, 0.6) is 5.88 Å². The Bertz CT molecular complexity index is 612. The predicted octanol–water partition coefficient (Wildman–Crippen LogP) is 0.906. The largest absolute Gasteiger partial charge is 0.477 e. The number of hydrogen-bond donors (Lipinski definition) is 3. The van der Waals surface area contributed by atoms with Crippen molar-refractivity contribution < 1.29 is 4.74 Å². The first kappa shape index (κ1) is 11.7. The molecule has 0 amide bonds. The molecule has 5 N–H and O–H groups in total. The van der Waals surface area contributed by atoms with Crippen molar-refractivity contribution in [1.82, 2.24) is 15.2 Å². The van der Waals surface area contributed by atoms with Crippen LogP contribution in [0.4, 0.5) is 11.5 Å². The van der Waals surface area contributed by atoms with Crippen molar-refractivity contribution in [3.05, 3.63) is 17.7 Å². The van der Waals surface area contributed by atoms with Crippen molar-refractivity contribution in [3.8, 4) is 23.3 Å². The Kier molecular flexibility index (Phi) is 3.02. The molecule has 0 aromatic carbocycles. The van der Waals surface area contributed by atoms with Crippen molar-refractivity contribution in [2.75, 3.05) is 18.1 Å². The molecule has 0 aliphatic rings. The van der Waals surface area contributed by atoms with Gasteiger partial charge in [0, 0.05) is 6.07 Å². The van der Waals surface area contributed by atoms with Gasteiger partial charge in [-0.2, -0.15) is 10.4 Å². The molecule has 2 rings (SSSR count). The summed E-state index contributed by atoms with van der Waals surface area (Å²) in [6.45, 7) is 2.20. The number of aromatic amines is 1. The molecule has 7 nitrogen and oxygen atoms in total. The first-order valence-electron chi connectivity index (χ1n) is 5.30. The van der Waals surface area contributed by atoms with Crippen LogP contribution >= 0.6 is 0 Å². The van der Waals surface area contributed by atoms with Crippen molar-refractivity contribution in [3.63, 3.8) is 0 Å². The van der Waals surface area contributed by atoms with Gasteiger partial charge in [-0.05, 0) is 13.0 Å². The zero-order valence-electron chi connectivity index (χ0n) is 9.77.